The van der Waals surface area contributed by atoms with Crippen LogP contribution in [0.2, 0.25) is 0 Å². The Hall–Kier alpha value is -1.19. The van der Waals surface area contributed by atoms with Crippen molar-refractivity contribution in [2.24, 2.45) is 0 Å². The molecule has 0 saturated heterocycles. The number of nitrogens with one attached hydrogen (secondary N) is 1. The molecule has 1 N–H and O–H groups in total. The summed E-state index contributed by atoms with van der Waals surface area (Å²) in [6.07, 6.45) is 0. The number of nitrogens with zero attached hydrogens (tertiary/aromatic N) is 1. The molecule has 1 aromatic carbocycles. The predicted octanol–water partition coefficient (Wildman–Crippen LogP) is 4.17. The van der Waals surface area contributed by atoms with E-state index in [1.165, 1.54) is 11.1 Å². The fourth-order valence-corrected chi connectivity index (χ4v) is 2.91. The Morgan fingerprint density at radius 1 is 1.11 bits per heavy atom. The molecule has 0 spiro atoms. The van der Waals surface area contributed by atoms with Crippen molar-refractivity contribution < 1.29 is 0 Å². The number of thiazole rings is 1. The predicted molar refractivity (Wildman–Crippen MR) is 78.0 cm³/mol. The highest BCUT2D eigenvalue weighted by molar-refractivity contribution is 7.09. The van der Waals surface area contributed by atoms with E-state index in [1.807, 2.05) is 6.92 Å². The molecule has 1 aromatic heterocycles. The summed E-state index contributed by atoms with van der Waals surface area (Å²) in [6, 6.07) is 9.14. The van der Waals surface area contributed by atoms with Crippen LogP contribution in [-0.4, -0.2) is 4.98 Å². The molecule has 0 aliphatic heterocycles. The van der Waals surface area contributed by atoms with Gasteiger partial charge in [0.1, 0.15) is 0 Å². The molecule has 2 nitrogen and oxygen atoms in total. The molecule has 0 radical (unpaired) electrons. The van der Waals surface area contributed by atoms with Gasteiger partial charge in [-0.05, 0) is 38.8 Å². The number of aryl methyl sites for hydroxylation is 2. The maximum atomic E-state index is 4.54. The van der Waals surface area contributed by atoms with Crippen LogP contribution in [0.15, 0.2) is 29.6 Å². The van der Waals surface area contributed by atoms with E-state index in [0.717, 1.165) is 10.7 Å². The standard InChI is InChI=1S/C15H20N2S/c1-10-7-5-6-8-14(10)11(2)16-12(3)15-9-18-13(4)17-15/h5-9,11-12,16H,1-4H3. The maximum absolute atomic E-state index is 4.54. The van der Waals surface area contributed by atoms with Crippen molar-refractivity contribution in [1.82, 2.24) is 10.3 Å². The van der Waals surface area contributed by atoms with E-state index in [0.29, 0.717) is 6.04 Å². The van der Waals surface area contributed by atoms with Gasteiger partial charge in [0.25, 0.3) is 0 Å². The molecule has 0 fully saturated rings. The maximum Gasteiger partial charge on any atom is 0.0898 e. The largest absolute Gasteiger partial charge is 0.302 e. The SMILES string of the molecule is Cc1nc(C(C)NC(C)c2ccccc2C)cs1. The van der Waals surface area contributed by atoms with Crippen molar-refractivity contribution in [3.63, 3.8) is 0 Å². The molecule has 2 unspecified atom stereocenters. The van der Waals surface area contributed by atoms with Crippen LogP contribution in [0.1, 0.15) is 47.8 Å². The molecule has 0 saturated carbocycles. The van der Waals surface area contributed by atoms with Crippen molar-refractivity contribution >= 4 is 11.3 Å². The Balaban J connectivity index is 2.08. The number of hydrogen-bond donors (Lipinski definition) is 1. The van der Waals surface area contributed by atoms with Crippen molar-refractivity contribution in [3.05, 3.63) is 51.5 Å². The third-order valence-electron chi connectivity index (χ3n) is 3.24. The summed E-state index contributed by atoms with van der Waals surface area (Å²) in [5, 5.41) is 6.87. The molecule has 0 aliphatic rings. The van der Waals surface area contributed by atoms with E-state index in [4.69, 9.17) is 0 Å². The lowest BCUT2D eigenvalue weighted by molar-refractivity contribution is 0.486. The van der Waals surface area contributed by atoms with Gasteiger partial charge in [-0.3, -0.25) is 0 Å². The molecule has 3 heteroatoms. The minimum atomic E-state index is 0.282. The molecule has 0 bridgehead atoms. The first-order valence-electron chi connectivity index (χ1n) is 6.31. The second-order valence-corrected chi connectivity index (χ2v) is 5.82. The molecule has 0 aliphatic carbocycles. The summed E-state index contributed by atoms with van der Waals surface area (Å²) in [4.78, 5) is 4.54. The summed E-state index contributed by atoms with van der Waals surface area (Å²) in [5.74, 6) is 0. The third-order valence-corrected chi connectivity index (χ3v) is 4.03. The summed E-state index contributed by atoms with van der Waals surface area (Å²) >= 11 is 1.71. The number of rotatable bonds is 4. The van der Waals surface area contributed by atoms with Gasteiger partial charge in [0.15, 0.2) is 0 Å². The first-order valence-corrected chi connectivity index (χ1v) is 7.19. The molecule has 0 amide bonds. The van der Waals surface area contributed by atoms with Gasteiger partial charge in [-0.1, -0.05) is 24.3 Å². The van der Waals surface area contributed by atoms with Crippen LogP contribution in [0, 0.1) is 13.8 Å². The van der Waals surface area contributed by atoms with Gasteiger partial charge in [-0.15, -0.1) is 11.3 Å². The van der Waals surface area contributed by atoms with E-state index in [-0.39, 0.29) is 6.04 Å². The van der Waals surface area contributed by atoms with Crippen LogP contribution in [0.4, 0.5) is 0 Å². The quantitative estimate of drug-likeness (QED) is 0.892. The monoisotopic (exact) mass is 260 g/mol. The van der Waals surface area contributed by atoms with Crippen LogP contribution in [0.3, 0.4) is 0 Å². The fraction of sp³-hybridized carbons (Fsp3) is 0.400. The molecule has 2 aromatic rings. The first-order chi connectivity index (χ1) is 8.58. The Labute approximate surface area is 113 Å². The van der Waals surface area contributed by atoms with Crippen LogP contribution in [0.5, 0.6) is 0 Å². The molecular weight excluding hydrogens is 240 g/mol. The van der Waals surface area contributed by atoms with Gasteiger partial charge in [0, 0.05) is 17.5 Å². The zero-order chi connectivity index (χ0) is 13.1. The lowest BCUT2D eigenvalue weighted by Crippen LogP contribution is -2.23. The number of aromatic nitrogens is 1. The van der Waals surface area contributed by atoms with Gasteiger partial charge >= 0.3 is 0 Å². The van der Waals surface area contributed by atoms with Crippen LogP contribution in [0.25, 0.3) is 0 Å². The average Bonchev–Trinajstić information content (AvgIpc) is 2.76. The van der Waals surface area contributed by atoms with Gasteiger partial charge in [-0.25, -0.2) is 4.98 Å². The minimum absolute atomic E-state index is 0.282. The third kappa shape index (κ3) is 2.98. The Bertz CT molecular complexity index is 519. The van der Waals surface area contributed by atoms with Gasteiger partial charge in [0.05, 0.1) is 10.7 Å². The number of hydrogen-bond acceptors (Lipinski definition) is 3. The van der Waals surface area contributed by atoms with Crippen molar-refractivity contribution in [2.75, 3.05) is 0 Å². The van der Waals surface area contributed by atoms with E-state index in [1.54, 1.807) is 11.3 Å². The average molecular weight is 260 g/mol. The van der Waals surface area contributed by atoms with Crippen LogP contribution < -0.4 is 5.32 Å². The van der Waals surface area contributed by atoms with Crippen LogP contribution in [-0.2, 0) is 0 Å². The van der Waals surface area contributed by atoms with Crippen molar-refractivity contribution in [3.8, 4) is 0 Å². The molecule has 2 rings (SSSR count). The normalized spacial score (nSPS) is 14.4. The Morgan fingerprint density at radius 2 is 1.83 bits per heavy atom. The molecule has 96 valence electrons. The van der Waals surface area contributed by atoms with Gasteiger partial charge in [-0.2, -0.15) is 0 Å². The highest BCUT2D eigenvalue weighted by Gasteiger charge is 2.14. The zero-order valence-electron chi connectivity index (χ0n) is 11.4. The summed E-state index contributed by atoms with van der Waals surface area (Å²) < 4.78 is 0. The van der Waals surface area contributed by atoms with E-state index in [2.05, 4.69) is 60.7 Å². The fourth-order valence-electron chi connectivity index (χ4n) is 2.20. The second-order valence-electron chi connectivity index (χ2n) is 4.76. The lowest BCUT2D eigenvalue weighted by Gasteiger charge is -2.20. The minimum Gasteiger partial charge on any atom is -0.302 e. The van der Waals surface area contributed by atoms with E-state index in [9.17, 15) is 0 Å². The van der Waals surface area contributed by atoms with E-state index < -0.39 is 0 Å². The van der Waals surface area contributed by atoms with Crippen molar-refractivity contribution in [1.29, 1.82) is 0 Å². The van der Waals surface area contributed by atoms with Crippen LogP contribution >= 0.6 is 11.3 Å². The molecule has 18 heavy (non-hydrogen) atoms. The van der Waals surface area contributed by atoms with E-state index >= 15 is 0 Å². The second kappa shape index (κ2) is 5.63. The molecule has 1 heterocycles. The van der Waals surface area contributed by atoms with Gasteiger partial charge < -0.3 is 5.32 Å². The topological polar surface area (TPSA) is 24.9 Å². The summed E-state index contributed by atoms with van der Waals surface area (Å²) in [6.45, 7) is 8.58. The highest BCUT2D eigenvalue weighted by Crippen LogP contribution is 2.22. The molecule has 2 atom stereocenters. The van der Waals surface area contributed by atoms with Crippen molar-refractivity contribution in [2.45, 2.75) is 39.8 Å². The molecular formula is C15H20N2S. The lowest BCUT2D eigenvalue weighted by atomic mass is 10.0. The van der Waals surface area contributed by atoms with Gasteiger partial charge in [0.2, 0.25) is 0 Å². The zero-order valence-corrected chi connectivity index (χ0v) is 12.2. The Morgan fingerprint density at radius 3 is 2.44 bits per heavy atom. The Kier molecular flexibility index (Phi) is 4.15. The number of benzene rings is 1. The highest BCUT2D eigenvalue weighted by atomic mass is 32.1. The summed E-state index contributed by atoms with van der Waals surface area (Å²) in [5.41, 5.74) is 3.83. The first kappa shape index (κ1) is 13.2. The smallest absolute Gasteiger partial charge is 0.0898 e. The summed E-state index contributed by atoms with van der Waals surface area (Å²) in [7, 11) is 0.